The van der Waals surface area contributed by atoms with Gasteiger partial charge in [-0.1, -0.05) is 12.1 Å². The van der Waals surface area contributed by atoms with E-state index in [9.17, 15) is 0 Å². The van der Waals surface area contributed by atoms with Crippen molar-refractivity contribution in [3.05, 3.63) is 29.8 Å². The second kappa shape index (κ2) is 6.77. The summed E-state index contributed by atoms with van der Waals surface area (Å²) in [6.07, 6.45) is 3.95. The summed E-state index contributed by atoms with van der Waals surface area (Å²) in [6.45, 7) is 5.53. The van der Waals surface area contributed by atoms with Gasteiger partial charge in [-0.2, -0.15) is 0 Å². The van der Waals surface area contributed by atoms with Crippen LogP contribution in [-0.2, 0) is 0 Å². The third kappa shape index (κ3) is 3.23. The summed E-state index contributed by atoms with van der Waals surface area (Å²) in [5.41, 5.74) is 7.42. The van der Waals surface area contributed by atoms with Gasteiger partial charge in [0.2, 0.25) is 0 Å². The molecule has 2 N–H and O–H groups in total. The molecule has 2 aliphatic heterocycles. The Hall–Kier alpha value is -1.10. The van der Waals surface area contributed by atoms with Crippen LogP contribution in [0.25, 0.3) is 0 Å². The molecule has 2 heterocycles. The van der Waals surface area contributed by atoms with Gasteiger partial charge in [0.05, 0.1) is 7.11 Å². The van der Waals surface area contributed by atoms with E-state index in [1.54, 1.807) is 7.11 Å². The van der Waals surface area contributed by atoms with Crippen molar-refractivity contribution in [3.63, 3.8) is 0 Å². The number of fused-ring (bicyclic) bond motifs is 1. The van der Waals surface area contributed by atoms with Crippen LogP contribution in [0, 0.1) is 0 Å². The first-order chi connectivity index (χ1) is 10.3. The van der Waals surface area contributed by atoms with Gasteiger partial charge in [0, 0.05) is 31.7 Å². The molecule has 1 aromatic rings. The number of hydrogen-bond donors (Lipinski definition) is 1. The fraction of sp³-hybridized carbons (Fsp3) is 0.647. The highest BCUT2D eigenvalue weighted by Crippen LogP contribution is 2.28. The number of benzene rings is 1. The lowest BCUT2D eigenvalue weighted by Gasteiger charge is -2.32. The quantitative estimate of drug-likeness (QED) is 0.919. The smallest absolute Gasteiger partial charge is 0.118 e. The minimum absolute atomic E-state index is 0.330. The second-order valence-electron chi connectivity index (χ2n) is 6.21. The normalized spacial score (nSPS) is 25.3. The van der Waals surface area contributed by atoms with Gasteiger partial charge in [-0.3, -0.25) is 9.80 Å². The fourth-order valence-corrected chi connectivity index (χ4v) is 3.84. The summed E-state index contributed by atoms with van der Waals surface area (Å²) in [4.78, 5) is 5.26. The van der Waals surface area contributed by atoms with Crippen molar-refractivity contribution < 1.29 is 4.74 Å². The molecule has 2 saturated heterocycles. The highest BCUT2D eigenvalue weighted by Gasteiger charge is 2.31. The number of methoxy groups -OCH3 is 1. The maximum Gasteiger partial charge on any atom is 0.118 e. The van der Waals surface area contributed by atoms with E-state index in [1.807, 2.05) is 12.1 Å². The van der Waals surface area contributed by atoms with Gasteiger partial charge in [0.15, 0.2) is 0 Å². The topological polar surface area (TPSA) is 41.7 Å². The largest absolute Gasteiger partial charge is 0.497 e. The van der Waals surface area contributed by atoms with Crippen molar-refractivity contribution in [2.75, 3.05) is 39.8 Å². The van der Waals surface area contributed by atoms with Crippen LogP contribution in [-0.4, -0.2) is 55.7 Å². The molecule has 21 heavy (non-hydrogen) atoms. The second-order valence-corrected chi connectivity index (χ2v) is 6.21. The molecule has 2 atom stereocenters. The molecule has 3 rings (SSSR count). The van der Waals surface area contributed by atoms with Crippen molar-refractivity contribution in [1.82, 2.24) is 9.80 Å². The summed E-state index contributed by atoms with van der Waals surface area (Å²) >= 11 is 0. The molecule has 0 saturated carbocycles. The Balaban J connectivity index is 1.74. The minimum Gasteiger partial charge on any atom is -0.497 e. The highest BCUT2D eigenvalue weighted by molar-refractivity contribution is 5.29. The zero-order valence-electron chi connectivity index (χ0n) is 13.0. The summed E-state index contributed by atoms with van der Waals surface area (Å²) in [5.74, 6) is 0.910. The van der Waals surface area contributed by atoms with Gasteiger partial charge < -0.3 is 10.5 Å². The Labute approximate surface area is 127 Å². The Morgan fingerprint density at radius 1 is 1.19 bits per heavy atom. The zero-order chi connectivity index (χ0) is 14.7. The summed E-state index contributed by atoms with van der Waals surface area (Å²) < 4.78 is 5.25. The van der Waals surface area contributed by atoms with Crippen LogP contribution in [0.2, 0.25) is 0 Å². The number of ether oxygens (including phenoxy) is 1. The lowest BCUT2D eigenvalue weighted by molar-refractivity contribution is 0.176. The van der Waals surface area contributed by atoms with Gasteiger partial charge in [-0.05, 0) is 50.0 Å². The standard InChI is InChI=1S/C17H27N3O/c1-21-16-7-5-14(6-8-16)17(12-18)20-11-3-10-19-9-2-4-15(19)13-20/h5-8,15,17H,2-4,9-13,18H2,1H3. The molecule has 2 unspecified atom stereocenters. The molecule has 4 heteroatoms. The van der Waals surface area contributed by atoms with E-state index in [2.05, 4.69) is 21.9 Å². The Morgan fingerprint density at radius 3 is 2.67 bits per heavy atom. The zero-order valence-corrected chi connectivity index (χ0v) is 13.0. The van der Waals surface area contributed by atoms with Crippen LogP contribution in [0.5, 0.6) is 5.75 Å². The van der Waals surface area contributed by atoms with Gasteiger partial charge in [0.25, 0.3) is 0 Å². The Bertz CT molecular complexity index is 448. The van der Waals surface area contributed by atoms with Crippen molar-refractivity contribution in [2.24, 2.45) is 5.73 Å². The lowest BCUT2D eigenvalue weighted by atomic mass is 10.0. The molecule has 2 aliphatic rings. The Kier molecular flexibility index (Phi) is 4.78. The van der Waals surface area contributed by atoms with Crippen LogP contribution in [0.4, 0.5) is 0 Å². The predicted molar refractivity (Wildman–Crippen MR) is 85.6 cm³/mol. The van der Waals surface area contributed by atoms with Crippen molar-refractivity contribution >= 4 is 0 Å². The predicted octanol–water partition coefficient (Wildman–Crippen LogP) is 1.87. The molecule has 0 spiro atoms. The van der Waals surface area contributed by atoms with E-state index < -0.39 is 0 Å². The van der Waals surface area contributed by atoms with Crippen LogP contribution >= 0.6 is 0 Å². The van der Waals surface area contributed by atoms with E-state index in [0.29, 0.717) is 12.6 Å². The van der Waals surface area contributed by atoms with Gasteiger partial charge >= 0.3 is 0 Å². The van der Waals surface area contributed by atoms with Gasteiger partial charge in [0.1, 0.15) is 5.75 Å². The molecule has 0 aromatic heterocycles. The van der Waals surface area contributed by atoms with Crippen LogP contribution in [0.1, 0.15) is 30.9 Å². The Morgan fingerprint density at radius 2 is 1.95 bits per heavy atom. The van der Waals surface area contributed by atoms with Crippen molar-refractivity contribution in [3.8, 4) is 5.75 Å². The average Bonchev–Trinajstić information content (AvgIpc) is 2.87. The number of rotatable bonds is 4. The summed E-state index contributed by atoms with van der Waals surface area (Å²) in [7, 11) is 1.71. The highest BCUT2D eigenvalue weighted by atomic mass is 16.5. The molecule has 0 bridgehead atoms. The molecule has 0 radical (unpaired) electrons. The monoisotopic (exact) mass is 289 g/mol. The number of nitrogens with two attached hydrogens (primary N) is 1. The third-order valence-electron chi connectivity index (χ3n) is 5.00. The van der Waals surface area contributed by atoms with Crippen LogP contribution < -0.4 is 10.5 Å². The lowest BCUT2D eigenvalue weighted by Crippen LogP contribution is -2.40. The third-order valence-corrected chi connectivity index (χ3v) is 5.00. The molecule has 0 aliphatic carbocycles. The number of hydrogen-bond acceptors (Lipinski definition) is 4. The molecular weight excluding hydrogens is 262 g/mol. The van der Waals surface area contributed by atoms with Gasteiger partial charge in [-0.15, -0.1) is 0 Å². The van der Waals surface area contributed by atoms with E-state index in [-0.39, 0.29) is 0 Å². The van der Waals surface area contributed by atoms with Gasteiger partial charge in [-0.25, -0.2) is 0 Å². The fourth-order valence-electron chi connectivity index (χ4n) is 3.84. The number of nitrogens with zero attached hydrogens (tertiary/aromatic N) is 2. The molecule has 1 aromatic carbocycles. The summed E-state index contributed by atoms with van der Waals surface area (Å²) in [6, 6.07) is 9.47. The van der Waals surface area contributed by atoms with E-state index >= 15 is 0 Å². The minimum atomic E-state index is 0.330. The molecule has 2 fully saturated rings. The first-order valence-electron chi connectivity index (χ1n) is 8.14. The first kappa shape index (κ1) is 14.8. The van der Waals surface area contributed by atoms with Crippen molar-refractivity contribution in [2.45, 2.75) is 31.3 Å². The molecule has 0 amide bonds. The van der Waals surface area contributed by atoms with Crippen molar-refractivity contribution in [1.29, 1.82) is 0 Å². The van der Waals surface area contributed by atoms with E-state index in [0.717, 1.165) is 24.9 Å². The maximum atomic E-state index is 6.11. The SMILES string of the molecule is COc1ccc(C(CN)N2CCCN3CCCC3C2)cc1. The maximum absolute atomic E-state index is 6.11. The molecule has 4 nitrogen and oxygen atoms in total. The molecule has 116 valence electrons. The van der Waals surface area contributed by atoms with Crippen LogP contribution in [0.15, 0.2) is 24.3 Å². The molecular formula is C17H27N3O. The summed E-state index contributed by atoms with van der Waals surface area (Å²) in [5, 5.41) is 0. The first-order valence-corrected chi connectivity index (χ1v) is 8.14. The average molecular weight is 289 g/mol. The van der Waals surface area contributed by atoms with Crippen LogP contribution in [0.3, 0.4) is 0 Å². The van der Waals surface area contributed by atoms with E-state index in [1.165, 1.54) is 37.9 Å². The van der Waals surface area contributed by atoms with E-state index in [4.69, 9.17) is 10.5 Å².